The first-order valence-electron chi connectivity index (χ1n) is 10.9. The number of benzene rings is 2. The number of halogens is 2. The van der Waals surface area contributed by atoms with Crippen LogP contribution in [0.1, 0.15) is 6.99 Å². The van der Waals surface area contributed by atoms with Gasteiger partial charge in [-0.1, -0.05) is 0 Å². The number of nitrogens with zero attached hydrogens (tertiary/aromatic N) is 5. The molecule has 2 saturated heterocycles. The lowest BCUT2D eigenvalue weighted by atomic mass is 10.0. The molecule has 0 aliphatic carbocycles. The van der Waals surface area contributed by atoms with E-state index in [-0.39, 0.29) is 7.11 Å². The van der Waals surface area contributed by atoms with E-state index in [0.717, 1.165) is 68.5 Å². The Balaban J connectivity index is 0.00000274. The van der Waals surface area contributed by atoms with Crippen molar-refractivity contribution in [2.24, 2.45) is 0 Å². The van der Waals surface area contributed by atoms with Gasteiger partial charge in [0.05, 0.1) is 26.0 Å². The maximum absolute atomic E-state index is 14.0. The van der Waals surface area contributed by atoms with Crippen molar-refractivity contribution in [1.82, 2.24) is 19.7 Å². The number of rotatable bonds is 6. The molecule has 2 aliphatic rings. The number of methoxy groups -OCH3 is 1. The average molecular weight is 459 g/mol. The minimum absolute atomic E-state index is 0. The van der Waals surface area contributed by atoms with Crippen molar-refractivity contribution in [2.75, 3.05) is 56.7 Å². The lowest BCUT2D eigenvalue weighted by Crippen LogP contribution is -2.61. The van der Waals surface area contributed by atoms with E-state index in [1.807, 2.05) is 13.0 Å². The second kappa shape index (κ2) is 8.95. The summed E-state index contributed by atoms with van der Waals surface area (Å²) in [5.41, 5.74) is 3.32. The molecule has 176 valence electrons. The Morgan fingerprint density at radius 1 is 1.06 bits per heavy atom. The van der Waals surface area contributed by atoms with Gasteiger partial charge in [-0.15, -0.1) is 5.10 Å². The molecule has 0 unspecified atom stereocenters. The lowest BCUT2D eigenvalue weighted by molar-refractivity contribution is 0.0105. The van der Waals surface area contributed by atoms with Crippen LogP contribution in [-0.2, 0) is 4.74 Å². The van der Waals surface area contributed by atoms with Crippen LogP contribution in [0.15, 0.2) is 36.7 Å². The molecule has 0 amide bonds. The van der Waals surface area contributed by atoms with Crippen molar-refractivity contribution < 1.29 is 19.7 Å². The van der Waals surface area contributed by atoms with Crippen LogP contribution in [0.2, 0.25) is 0 Å². The first-order chi connectivity index (χ1) is 16.0. The normalized spacial score (nSPS) is 17.2. The van der Waals surface area contributed by atoms with Gasteiger partial charge in [0.15, 0.2) is 17.4 Å². The van der Waals surface area contributed by atoms with E-state index in [1.165, 1.54) is 18.1 Å². The van der Waals surface area contributed by atoms with Gasteiger partial charge in [0.2, 0.25) is 5.95 Å². The molecular formula is C23H28F2N6O2. The minimum atomic E-state index is -0.800. The van der Waals surface area contributed by atoms with Crippen LogP contribution in [0.3, 0.4) is 0 Å². The molecule has 1 aromatic heterocycles. The van der Waals surface area contributed by atoms with E-state index in [2.05, 4.69) is 37.3 Å². The van der Waals surface area contributed by atoms with Crippen molar-refractivity contribution in [3.63, 3.8) is 0 Å². The quantitative estimate of drug-likeness (QED) is 0.608. The van der Waals surface area contributed by atoms with Gasteiger partial charge in [-0.2, -0.15) is 4.98 Å². The molecule has 2 fully saturated rings. The van der Waals surface area contributed by atoms with Crippen molar-refractivity contribution in [1.29, 1.82) is 0 Å². The van der Waals surface area contributed by atoms with Crippen LogP contribution < -0.4 is 15.0 Å². The topological polar surface area (TPSA) is 67.7 Å². The largest absolute Gasteiger partial charge is 0.491 e. The number of aryl methyl sites for hydroxylation is 1. The fourth-order valence-electron chi connectivity index (χ4n) is 4.30. The highest BCUT2D eigenvalue weighted by Gasteiger charge is 2.32. The van der Waals surface area contributed by atoms with Gasteiger partial charge in [-0.25, -0.2) is 13.5 Å². The number of morpholine rings is 1. The highest BCUT2D eigenvalue weighted by molar-refractivity contribution is 5.65. The van der Waals surface area contributed by atoms with Gasteiger partial charge in [0.25, 0.3) is 0 Å². The molecule has 2 aliphatic heterocycles. The summed E-state index contributed by atoms with van der Waals surface area (Å²) < 4.78 is 39.6. The molecule has 3 heterocycles. The lowest BCUT2D eigenvalue weighted by Gasteiger charge is -2.47. The molecular weight excluding hydrogens is 430 g/mol. The van der Waals surface area contributed by atoms with E-state index in [9.17, 15) is 8.78 Å². The number of nitrogens with one attached hydrogen (secondary N) is 1. The van der Waals surface area contributed by atoms with Crippen LogP contribution in [0.5, 0.6) is 5.75 Å². The van der Waals surface area contributed by atoms with Crippen LogP contribution in [0.25, 0.3) is 5.69 Å². The van der Waals surface area contributed by atoms with Gasteiger partial charge < -0.3 is 19.7 Å². The van der Waals surface area contributed by atoms with Gasteiger partial charge in [-0.05, 0) is 30.7 Å². The zero-order chi connectivity index (χ0) is 22.9. The zero-order valence-corrected chi connectivity index (χ0v) is 18.6. The predicted octanol–water partition coefficient (Wildman–Crippen LogP) is 3.37. The minimum Gasteiger partial charge on any atom is -0.491 e. The summed E-state index contributed by atoms with van der Waals surface area (Å²) in [7, 11) is 1.22. The predicted molar refractivity (Wildman–Crippen MR) is 123 cm³/mol. The number of ether oxygens (including phenoxy) is 2. The van der Waals surface area contributed by atoms with Crippen molar-refractivity contribution >= 4 is 17.3 Å². The molecule has 0 saturated carbocycles. The molecule has 0 bridgehead atoms. The Morgan fingerprint density at radius 2 is 1.79 bits per heavy atom. The number of anilines is 3. The summed E-state index contributed by atoms with van der Waals surface area (Å²) in [6, 6.07) is 9.11. The van der Waals surface area contributed by atoms with Gasteiger partial charge in [0, 0.05) is 57.2 Å². The summed E-state index contributed by atoms with van der Waals surface area (Å²) in [6.45, 7) is 7.64. The van der Waals surface area contributed by atoms with Crippen molar-refractivity contribution in [2.45, 2.75) is 13.0 Å². The standard InChI is InChI=1S/C23H26F2N6O2.H2/c1-15-7-16(9-17(8-15)30-12-19(13-30)29-3-5-33-6-4-29)27-23-26-14-31(28-23)18-10-20(24)22(32-2)21(25)11-18;/h7-11,14,19H,3-6,12-13H2,1-2H3,(H,27,28);1H. The summed E-state index contributed by atoms with van der Waals surface area (Å²) >= 11 is 0. The van der Waals surface area contributed by atoms with E-state index in [0.29, 0.717) is 12.0 Å². The summed E-state index contributed by atoms with van der Waals surface area (Å²) in [4.78, 5) is 9.08. The summed E-state index contributed by atoms with van der Waals surface area (Å²) in [5, 5.41) is 7.51. The molecule has 0 spiro atoms. The van der Waals surface area contributed by atoms with E-state index < -0.39 is 17.4 Å². The average Bonchev–Trinajstić information content (AvgIpc) is 3.21. The van der Waals surface area contributed by atoms with Gasteiger partial charge in [-0.3, -0.25) is 4.90 Å². The van der Waals surface area contributed by atoms with Gasteiger partial charge in [0.1, 0.15) is 6.33 Å². The van der Waals surface area contributed by atoms with Gasteiger partial charge >= 0.3 is 0 Å². The molecule has 5 rings (SSSR count). The van der Waals surface area contributed by atoms with Crippen LogP contribution >= 0.6 is 0 Å². The van der Waals surface area contributed by atoms with Crippen molar-refractivity contribution in [3.8, 4) is 11.4 Å². The third-order valence-corrected chi connectivity index (χ3v) is 6.05. The highest BCUT2D eigenvalue weighted by Crippen LogP contribution is 2.29. The van der Waals surface area contributed by atoms with Crippen molar-refractivity contribution in [3.05, 3.63) is 53.9 Å². The second-order valence-electron chi connectivity index (χ2n) is 8.34. The fraction of sp³-hybridized carbons (Fsp3) is 0.391. The van der Waals surface area contributed by atoms with E-state index >= 15 is 0 Å². The Hall–Kier alpha value is -3.24. The number of aromatic nitrogens is 3. The van der Waals surface area contributed by atoms with E-state index in [1.54, 1.807) is 0 Å². The smallest absolute Gasteiger partial charge is 0.246 e. The molecule has 0 atom stereocenters. The molecule has 3 aromatic rings. The monoisotopic (exact) mass is 458 g/mol. The SMILES string of the molecule is COc1c(F)cc(-n2cnc(Nc3cc(C)cc(N4CC(N5CCOCC5)C4)c3)n2)cc1F.[HH]. The second-order valence-corrected chi connectivity index (χ2v) is 8.34. The summed E-state index contributed by atoms with van der Waals surface area (Å²) in [6.07, 6.45) is 1.40. The molecule has 1 N–H and O–H groups in total. The molecule has 2 aromatic carbocycles. The third kappa shape index (κ3) is 4.49. The molecule has 0 radical (unpaired) electrons. The first kappa shape index (κ1) is 21.6. The first-order valence-corrected chi connectivity index (χ1v) is 10.9. The Morgan fingerprint density at radius 3 is 2.48 bits per heavy atom. The molecule has 33 heavy (non-hydrogen) atoms. The van der Waals surface area contributed by atoms with Crippen LogP contribution in [0, 0.1) is 18.6 Å². The summed E-state index contributed by atoms with van der Waals surface area (Å²) in [5.74, 6) is -1.69. The zero-order valence-electron chi connectivity index (χ0n) is 18.6. The number of hydrogen-bond donors (Lipinski definition) is 1. The number of hydrogen-bond acceptors (Lipinski definition) is 7. The van der Waals surface area contributed by atoms with Crippen LogP contribution in [-0.4, -0.2) is 72.2 Å². The third-order valence-electron chi connectivity index (χ3n) is 6.05. The maximum atomic E-state index is 14.0. The maximum Gasteiger partial charge on any atom is 0.246 e. The fourth-order valence-corrected chi connectivity index (χ4v) is 4.30. The van der Waals surface area contributed by atoms with E-state index in [4.69, 9.17) is 9.47 Å². The van der Waals surface area contributed by atoms with Crippen LogP contribution in [0.4, 0.5) is 26.1 Å². The Bertz CT molecular complexity index is 1130. The Kier molecular flexibility index (Phi) is 5.86. The Labute approximate surface area is 192 Å². The highest BCUT2D eigenvalue weighted by atomic mass is 19.1. The molecule has 8 nitrogen and oxygen atoms in total. The molecule has 10 heteroatoms.